The highest BCUT2D eigenvalue weighted by Gasteiger charge is 2.25. The third-order valence-electron chi connectivity index (χ3n) is 4.04. The second-order valence-electron chi connectivity index (χ2n) is 5.70. The van der Waals surface area contributed by atoms with Gasteiger partial charge in [0.2, 0.25) is 5.91 Å². The van der Waals surface area contributed by atoms with E-state index < -0.39 is 0 Å². The molecule has 1 aromatic heterocycles. The molecular weight excluding hydrogens is 312 g/mol. The van der Waals surface area contributed by atoms with Crippen molar-refractivity contribution in [2.24, 2.45) is 5.92 Å². The Labute approximate surface area is 138 Å². The zero-order valence-electron chi connectivity index (χ0n) is 12.7. The molecular formula is C16H20N4O2S. The topological polar surface area (TPSA) is 90.6 Å². The summed E-state index contributed by atoms with van der Waals surface area (Å²) in [4.78, 5) is 26.5. The van der Waals surface area contributed by atoms with E-state index in [-0.39, 0.29) is 23.6 Å². The fourth-order valence-electron chi connectivity index (χ4n) is 2.76. The van der Waals surface area contributed by atoms with Crippen molar-refractivity contribution >= 4 is 17.7 Å². The van der Waals surface area contributed by atoms with E-state index in [1.807, 2.05) is 42.1 Å². The van der Waals surface area contributed by atoms with Gasteiger partial charge in [0.1, 0.15) is 0 Å². The Balaban J connectivity index is 1.74. The second kappa shape index (κ2) is 7.50. The normalized spacial score (nSPS) is 16.9. The van der Waals surface area contributed by atoms with Gasteiger partial charge in [-0.05, 0) is 36.3 Å². The molecule has 1 aliphatic rings. The van der Waals surface area contributed by atoms with Crippen LogP contribution in [-0.4, -0.2) is 32.6 Å². The van der Waals surface area contributed by atoms with Crippen LogP contribution in [0.4, 0.5) is 0 Å². The van der Waals surface area contributed by atoms with Crippen molar-refractivity contribution in [2.75, 3.05) is 11.5 Å². The number of thioether (sulfide) groups is 1. The van der Waals surface area contributed by atoms with Crippen molar-refractivity contribution in [2.45, 2.75) is 25.3 Å². The van der Waals surface area contributed by atoms with Crippen molar-refractivity contribution in [1.29, 1.82) is 0 Å². The van der Waals surface area contributed by atoms with Gasteiger partial charge in [-0.3, -0.25) is 9.78 Å². The first-order valence-electron chi connectivity index (χ1n) is 7.79. The summed E-state index contributed by atoms with van der Waals surface area (Å²) in [6.45, 7) is 0. The predicted octanol–water partition coefficient (Wildman–Crippen LogP) is 1.64. The van der Waals surface area contributed by atoms with Crippen LogP contribution in [0.1, 0.15) is 30.3 Å². The monoisotopic (exact) mass is 332 g/mol. The van der Waals surface area contributed by atoms with E-state index in [9.17, 15) is 9.59 Å². The van der Waals surface area contributed by atoms with Crippen LogP contribution in [-0.2, 0) is 11.2 Å². The number of nitrogens with one attached hydrogen (secondary N) is 3. The Bertz CT molecular complexity index is 691. The fourth-order valence-corrected chi connectivity index (χ4v) is 3.87. The maximum atomic E-state index is 12.5. The van der Waals surface area contributed by atoms with Crippen LogP contribution in [0.25, 0.3) is 0 Å². The molecule has 0 spiro atoms. The lowest BCUT2D eigenvalue weighted by Gasteiger charge is -2.24. The van der Waals surface area contributed by atoms with Crippen molar-refractivity contribution < 1.29 is 4.79 Å². The number of carbonyl (C=O) groups excluding carboxylic acids is 1. The first kappa shape index (κ1) is 15.9. The van der Waals surface area contributed by atoms with Crippen molar-refractivity contribution in [1.82, 2.24) is 20.5 Å². The van der Waals surface area contributed by atoms with Crippen LogP contribution in [0.15, 0.2) is 35.1 Å². The third-order valence-corrected chi connectivity index (χ3v) is 5.09. The first-order chi connectivity index (χ1) is 11.2. The Morgan fingerprint density at radius 1 is 1.30 bits per heavy atom. The number of aromatic nitrogens is 3. The number of hydrogen-bond donors (Lipinski definition) is 3. The molecule has 1 amide bonds. The van der Waals surface area contributed by atoms with Crippen LogP contribution in [0.3, 0.4) is 0 Å². The molecule has 1 atom stereocenters. The number of aromatic amines is 2. The summed E-state index contributed by atoms with van der Waals surface area (Å²) < 4.78 is 0. The predicted molar refractivity (Wildman–Crippen MR) is 90.3 cm³/mol. The van der Waals surface area contributed by atoms with Gasteiger partial charge in [0.25, 0.3) is 0 Å². The molecule has 7 heteroatoms. The third kappa shape index (κ3) is 4.25. The molecule has 1 aromatic carbocycles. The molecule has 23 heavy (non-hydrogen) atoms. The number of carbonyl (C=O) groups is 1. The van der Waals surface area contributed by atoms with Gasteiger partial charge >= 0.3 is 5.69 Å². The molecule has 122 valence electrons. The molecule has 0 radical (unpaired) electrons. The van der Waals surface area contributed by atoms with Gasteiger partial charge in [0, 0.05) is 5.92 Å². The van der Waals surface area contributed by atoms with E-state index in [0.29, 0.717) is 12.2 Å². The number of nitrogens with zero attached hydrogens (tertiary/aromatic N) is 1. The molecule has 1 saturated heterocycles. The van der Waals surface area contributed by atoms with Crippen molar-refractivity contribution in [3.8, 4) is 0 Å². The highest BCUT2D eigenvalue weighted by Crippen LogP contribution is 2.24. The smallest absolute Gasteiger partial charge is 0.340 e. The molecule has 1 aliphatic heterocycles. The summed E-state index contributed by atoms with van der Waals surface area (Å²) in [6, 6.07) is 9.54. The fraction of sp³-hybridized carbons (Fsp3) is 0.438. The minimum absolute atomic E-state index is 0.0510. The van der Waals surface area contributed by atoms with Gasteiger partial charge in [-0.2, -0.15) is 16.9 Å². The summed E-state index contributed by atoms with van der Waals surface area (Å²) in [5.41, 5.74) is 0.724. The van der Waals surface area contributed by atoms with Gasteiger partial charge in [0.05, 0.1) is 6.04 Å². The Morgan fingerprint density at radius 3 is 2.70 bits per heavy atom. The van der Waals surface area contributed by atoms with Gasteiger partial charge in [0.15, 0.2) is 5.82 Å². The lowest BCUT2D eigenvalue weighted by molar-refractivity contribution is -0.126. The lowest BCUT2D eigenvalue weighted by atomic mass is 10.00. The molecule has 1 fully saturated rings. The molecule has 2 heterocycles. The van der Waals surface area contributed by atoms with Crippen molar-refractivity contribution in [3.05, 3.63) is 52.2 Å². The van der Waals surface area contributed by atoms with Gasteiger partial charge in [-0.25, -0.2) is 9.89 Å². The summed E-state index contributed by atoms with van der Waals surface area (Å²) in [7, 11) is 0. The lowest BCUT2D eigenvalue weighted by Crippen LogP contribution is -2.37. The average molecular weight is 332 g/mol. The Morgan fingerprint density at radius 2 is 2.04 bits per heavy atom. The molecule has 3 N–H and O–H groups in total. The van der Waals surface area contributed by atoms with E-state index in [2.05, 4.69) is 20.5 Å². The molecule has 6 nitrogen and oxygen atoms in total. The summed E-state index contributed by atoms with van der Waals surface area (Å²) in [5, 5.41) is 9.43. The summed E-state index contributed by atoms with van der Waals surface area (Å²) in [5.74, 6) is 2.63. The number of amides is 1. The Hall–Kier alpha value is -2.02. The zero-order valence-corrected chi connectivity index (χ0v) is 13.6. The quantitative estimate of drug-likeness (QED) is 0.776. The van der Waals surface area contributed by atoms with Crippen LogP contribution < -0.4 is 11.0 Å². The number of H-pyrrole nitrogens is 2. The van der Waals surface area contributed by atoms with E-state index in [1.54, 1.807) is 0 Å². The van der Waals surface area contributed by atoms with Crippen LogP contribution in [0, 0.1) is 5.92 Å². The minimum atomic E-state index is -0.360. The van der Waals surface area contributed by atoms with Crippen LogP contribution >= 0.6 is 11.8 Å². The molecule has 2 aromatic rings. The highest BCUT2D eigenvalue weighted by molar-refractivity contribution is 7.99. The van der Waals surface area contributed by atoms with Crippen LogP contribution in [0.2, 0.25) is 0 Å². The van der Waals surface area contributed by atoms with E-state index in [4.69, 9.17) is 0 Å². The summed E-state index contributed by atoms with van der Waals surface area (Å²) >= 11 is 1.89. The molecule has 0 aliphatic carbocycles. The average Bonchev–Trinajstić information content (AvgIpc) is 3.02. The van der Waals surface area contributed by atoms with E-state index in [0.717, 1.165) is 29.9 Å². The molecule has 0 bridgehead atoms. The van der Waals surface area contributed by atoms with Gasteiger partial charge in [-0.15, -0.1) is 0 Å². The highest BCUT2D eigenvalue weighted by atomic mass is 32.2. The van der Waals surface area contributed by atoms with Crippen LogP contribution in [0.5, 0.6) is 0 Å². The van der Waals surface area contributed by atoms with Gasteiger partial charge < -0.3 is 5.32 Å². The minimum Gasteiger partial charge on any atom is -0.345 e. The molecule has 0 saturated carbocycles. The number of rotatable bonds is 5. The number of hydrogen-bond acceptors (Lipinski definition) is 4. The first-order valence-corrected chi connectivity index (χ1v) is 8.94. The van der Waals surface area contributed by atoms with Crippen molar-refractivity contribution in [3.63, 3.8) is 0 Å². The molecule has 0 unspecified atom stereocenters. The standard InChI is InChI=1S/C16H20N4O2S/c21-15(12-6-8-23-9-7-12)17-13(14-18-16(22)20-19-14)10-11-4-2-1-3-5-11/h1-5,12-13H,6-10H2,(H,17,21)(H2,18,19,20,22)/t13-/m0/s1. The maximum Gasteiger partial charge on any atom is 0.340 e. The maximum absolute atomic E-state index is 12.5. The van der Waals surface area contributed by atoms with Gasteiger partial charge in [-0.1, -0.05) is 30.3 Å². The SMILES string of the molecule is O=C(N[C@@H](Cc1ccccc1)c1n[nH]c(=O)[nH]1)C1CCSCC1. The van der Waals surface area contributed by atoms with E-state index in [1.165, 1.54) is 0 Å². The second-order valence-corrected chi connectivity index (χ2v) is 6.93. The largest absolute Gasteiger partial charge is 0.345 e. The molecule has 3 rings (SSSR count). The summed E-state index contributed by atoms with van der Waals surface area (Å²) in [6.07, 6.45) is 2.41. The van der Waals surface area contributed by atoms with E-state index >= 15 is 0 Å². The number of benzene rings is 1. The Kier molecular flexibility index (Phi) is 5.17. The zero-order chi connectivity index (χ0) is 16.1.